The SMILES string of the molecule is C=CC.O=C(O)c1ccc2nc(-c3ccccc3)c(NC3CCCCC3)nc2c1. The molecular weight excluding hydrogens is 362 g/mol. The second kappa shape index (κ2) is 9.82. The lowest BCUT2D eigenvalue weighted by molar-refractivity contribution is 0.0697. The third-order valence-corrected chi connectivity index (χ3v) is 4.90. The van der Waals surface area contributed by atoms with Gasteiger partial charge in [0.25, 0.3) is 0 Å². The van der Waals surface area contributed by atoms with Gasteiger partial charge in [0.05, 0.1) is 16.6 Å². The molecule has 0 radical (unpaired) electrons. The number of hydrogen-bond acceptors (Lipinski definition) is 4. The minimum absolute atomic E-state index is 0.225. The fraction of sp³-hybridized carbons (Fsp3) is 0.292. The van der Waals surface area contributed by atoms with Crippen molar-refractivity contribution >= 4 is 22.8 Å². The molecule has 1 aliphatic rings. The maximum Gasteiger partial charge on any atom is 0.335 e. The second-order valence-corrected chi connectivity index (χ2v) is 7.18. The Bertz CT molecular complexity index is 980. The first-order valence-electron chi connectivity index (χ1n) is 10.1. The van der Waals surface area contributed by atoms with Gasteiger partial charge in [0.1, 0.15) is 5.69 Å². The van der Waals surface area contributed by atoms with E-state index in [0.29, 0.717) is 17.1 Å². The van der Waals surface area contributed by atoms with Crippen LogP contribution in [-0.4, -0.2) is 27.1 Å². The largest absolute Gasteiger partial charge is 0.478 e. The Morgan fingerprint density at radius 1 is 1.07 bits per heavy atom. The van der Waals surface area contributed by atoms with E-state index in [-0.39, 0.29) is 5.56 Å². The highest BCUT2D eigenvalue weighted by molar-refractivity contribution is 5.93. The van der Waals surface area contributed by atoms with Gasteiger partial charge in [-0.15, -0.1) is 6.58 Å². The summed E-state index contributed by atoms with van der Waals surface area (Å²) in [5, 5.41) is 12.8. The van der Waals surface area contributed by atoms with Gasteiger partial charge in [0.15, 0.2) is 5.82 Å². The molecule has 1 fully saturated rings. The molecule has 0 unspecified atom stereocenters. The lowest BCUT2D eigenvalue weighted by Crippen LogP contribution is -2.23. The van der Waals surface area contributed by atoms with Crippen molar-refractivity contribution in [2.75, 3.05) is 5.32 Å². The van der Waals surface area contributed by atoms with E-state index in [0.717, 1.165) is 29.9 Å². The molecule has 29 heavy (non-hydrogen) atoms. The molecule has 5 heteroatoms. The monoisotopic (exact) mass is 389 g/mol. The number of aromatic nitrogens is 2. The number of rotatable bonds is 4. The average Bonchev–Trinajstić information content (AvgIpc) is 2.75. The zero-order valence-electron chi connectivity index (χ0n) is 16.8. The van der Waals surface area contributed by atoms with Gasteiger partial charge >= 0.3 is 5.97 Å². The van der Waals surface area contributed by atoms with E-state index in [1.54, 1.807) is 24.3 Å². The fourth-order valence-corrected chi connectivity index (χ4v) is 3.53. The summed E-state index contributed by atoms with van der Waals surface area (Å²) in [5.41, 5.74) is 3.34. The minimum atomic E-state index is -0.956. The van der Waals surface area contributed by atoms with Crippen molar-refractivity contribution < 1.29 is 9.90 Å². The maximum absolute atomic E-state index is 11.3. The van der Waals surface area contributed by atoms with E-state index < -0.39 is 5.97 Å². The lowest BCUT2D eigenvalue weighted by atomic mass is 9.95. The van der Waals surface area contributed by atoms with Crippen LogP contribution in [0.3, 0.4) is 0 Å². The predicted molar refractivity (Wildman–Crippen MR) is 118 cm³/mol. The zero-order chi connectivity index (χ0) is 20.6. The van der Waals surface area contributed by atoms with Crippen LogP contribution in [0.25, 0.3) is 22.3 Å². The fourth-order valence-electron chi connectivity index (χ4n) is 3.53. The normalized spacial score (nSPS) is 14.0. The number of carbonyl (C=O) groups is 1. The van der Waals surface area contributed by atoms with Gasteiger partial charge in [-0.1, -0.05) is 55.7 Å². The van der Waals surface area contributed by atoms with Crippen LogP contribution in [0.15, 0.2) is 61.2 Å². The van der Waals surface area contributed by atoms with Gasteiger partial charge in [-0.3, -0.25) is 0 Å². The minimum Gasteiger partial charge on any atom is -0.478 e. The number of fused-ring (bicyclic) bond motifs is 1. The molecule has 2 aromatic carbocycles. The number of aromatic carboxylic acids is 1. The molecule has 4 rings (SSSR count). The molecule has 2 N–H and O–H groups in total. The molecule has 0 bridgehead atoms. The number of anilines is 1. The highest BCUT2D eigenvalue weighted by atomic mass is 16.4. The van der Waals surface area contributed by atoms with Gasteiger partial charge < -0.3 is 10.4 Å². The molecule has 1 heterocycles. The maximum atomic E-state index is 11.3. The molecule has 150 valence electrons. The van der Waals surface area contributed by atoms with Gasteiger partial charge in [-0.25, -0.2) is 14.8 Å². The molecule has 1 aromatic heterocycles. The number of allylic oxidation sites excluding steroid dienone is 1. The summed E-state index contributed by atoms with van der Waals surface area (Å²) in [4.78, 5) is 20.8. The molecule has 0 atom stereocenters. The second-order valence-electron chi connectivity index (χ2n) is 7.18. The lowest BCUT2D eigenvalue weighted by Gasteiger charge is -2.24. The number of carboxylic acid groups (broad SMARTS) is 1. The van der Waals surface area contributed by atoms with E-state index in [1.807, 2.05) is 37.3 Å². The number of hydrogen-bond donors (Lipinski definition) is 2. The number of benzene rings is 2. The van der Waals surface area contributed by atoms with Crippen molar-refractivity contribution in [1.82, 2.24) is 9.97 Å². The number of carboxylic acids is 1. The summed E-state index contributed by atoms with van der Waals surface area (Å²) < 4.78 is 0. The van der Waals surface area contributed by atoms with Gasteiger partial charge in [-0.2, -0.15) is 0 Å². The molecule has 5 nitrogen and oxygen atoms in total. The van der Waals surface area contributed by atoms with E-state index in [2.05, 4.69) is 11.9 Å². The molecule has 0 aliphatic heterocycles. The van der Waals surface area contributed by atoms with Crippen molar-refractivity contribution in [2.24, 2.45) is 0 Å². The van der Waals surface area contributed by atoms with Crippen molar-refractivity contribution in [1.29, 1.82) is 0 Å². The molecule has 0 spiro atoms. The molecule has 0 saturated heterocycles. The van der Waals surface area contributed by atoms with Gasteiger partial charge in [-0.05, 0) is 38.0 Å². The third kappa shape index (κ3) is 5.19. The van der Waals surface area contributed by atoms with Crippen LogP contribution in [0.1, 0.15) is 49.4 Å². The van der Waals surface area contributed by atoms with Crippen LogP contribution < -0.4 is 5.32 Å². The standard InChI is InChI=1S/C21H21N3O2.C3H6/c25-21(26)15-11-12-17-18(13-15)24-20(22-16-9-5-2-6-10-16)19(23-17)14-7-3-1-4-8-14;1-3-2/h1,3-4,7-8,11-13,16H,2,5-6,9-10H2,(H,22,24)(H,25,26);3H,1H2,2H3. The Kier molecular flexibility index (Phi) is 6.95. The first-order valence-corrected chi connectivity index (χ1v) is 10.1. The molecule has 0 amide bonds. The van der Waals surface area contributed by atoms with E-state index in [1.165, 1.54) is 19.3 Å². The molecule has 3 aromatic rings. The van der Waals surface area contributed by atoms with Crippen LogP contribution in [0, 0.1) is 0 Å². The van der Waals surface area contributed by atoms with E-state index >= 15 is 0 Å². The highest BCUT2D eigenvalue weighted by Crippen LogP contribution is 2.30. The van der Waals surface area contributed by atoms with Gasteiger partial charge in [0.2, 0.25) is 0 Å². The molecular formula is C24H27N3O2. The quantitative estimate of drug-likeness (QED) is 0.541. The smallest absolute Gasteiger partial charge is 0.335 e. The van der Waals surface area contributed by atoms with E-state index in [4.69, 9.17) is 9.97 Å². The van der Waals surface area contributed by atoms with Crippen LogP contribution in [-0.2, 0) is 0 Å². The Balaban J connectivity index is 0.000000755. The van der Waals surface area contributed by atoms with Gasteiger partial charge in [0, 0.05) is 11.6 Å². The Labute approximate surface area is 171 Å². The summed E-state index contributed by atoms with van der Waals surface area (Å²) in [7, 11) is 0. The Morgan fingerprint density at radius 2 is 1.76 bits per heavy atom. The summed E-state index contributed by atoms with van der Waals surface area (Å²) in [6.45, 7) is 5.25. The van der Waals surface area contributed by atoms with Crippen LogP contribution >= 0.6 is 0 Å². The first kappa shape index (κ1) is 20.5. The van der Waals surface area contributed by atoms with Crippen molar-refractivity contribution in [3.05, 3.63) is 66.7 Å². The van der Waals surface area contributed by atoms with E-state index in [9.17, 15) is 9.90 Å². The summed E-state index contributed by atoms with van der Waals surface area (Å²) in [5.74, 6) is -0.222. The number of nitrogens with zero attached hydrogens (tertiary/aromatic N) is 2. The predicted octanol–water partition coefficient (Wildman–Crippen LogP) is 5.93. The topological polar surface area (TPSA) is 75.1 Å². The summed E-state index contributed by atoms with van der Waals surface area (Å²) >= 11 is 0. The first-order chi connectivity index (χ1) is 14.1. The number of nitrogens with one attached hydrogen (secondary N) is 1. The Hall–Kier alpha value is -3.21. The van der Waals surface area contributed by atoms with Crippen LogP contribution in [0.2, 0.25) is 0 Å². The van der Waals surface area contributed by atoms with Crippen molar-refractivity contribution in [3.63, 3.8) is 0 Å². The van der Waals surface area contributed by atoms with Crippen LogP contribution in [0.4, 0.5) is 5.82 Å². The van der Waals surface area contributed by atoms with Crippen molar-refractivity contribution in [2.45, 2.75) is 45.1 Å². The zero-order valence-corrected chi connectivity index (χ0v) is 16.8. The van der Waals surface area contributed by atoms with Crippen LogP contribution in [0.5, 0.6) is 0 Å². The highest BCUT2D eigenvalue weighted by Gasteiger charge is 2.18. The average molecular weight is 389 g/mol. The molecule has 1 aliphatic carbocycles. The summed E-state index contributed by atoms with van der Waals surface area (Å²) in [6, 6.07) is 15.3. The summed E-state index contributed by atoms with van der Waals surface area (Å²) in [6.07, 6.45) is 7.74. The van der Waals surface area contributed by atoms with Crippen molar-refractivity contribution in [3.8, 4) is 11.3 Å². The molecule has 1 saturated carbocycles. The Morgan fingerprint density at radius 3 is 2.41 bits per heavy atom. The third-order valence-electron chi connectivity index (χ3n) is 4.90.